The fourth-order valence-corrected chi connectivity index (χ4v) is 4.42. The average molecular weight is 412 g/mol. The van der Waals surface area contributed by atoms with Gasteiger partial charge < -0.3 is 10.1 Å². The highest BCUT2D eigenvalue weighted by molar-refractivity contribution is 7.98. The number of thioether (sulfide) groups is 1. The molecule has 0 amide bonds. The van der Waals surface area contributed by atoms with Crippen LogP contribution in [0.15, 0.2) is 35.4 Å². The van der Waals surface area contributed by atoms with Gasteiger partial charge in [0, 0.05) is 17.0 Å². The van der Waals surface area contributed by atoms with Gasteiger partial charge in [-0.3, -0.25) is 0 Å². The number of ether oxygens (including phenoxy) is 1. The number of anilines is 1. The van der Waals surface area contributed by atoms with Crippen molar-refractivity contribution in [1.29, 1.82) is 0 Å². The Morgan fingerprint density at radius 1 is 1.17 bits per heavy atom. The number of fused-ring (bicyclic) bond motifs is 1. The second-order valence-corrected chi connectivity index (χ2v) is 8.71. The lowest BCUT2D eigenvalue weighted by atomic mass is 9.98. The van der Waals surface area contributed by atoms with Gasteiger partial charge in [-0.1, -0.05) is 38.5 Å². The van der Waals surface area contributed by atoms with Crippen LogP contribution in [0.3, 0.4) is 0 Å². The van der Waals surface area contributed by atoms with Gasteiger partial charge in [-0.15, -0.1) is 11.8 Å². The monoisotopic (exact) mass is 411 g/mol. The molecule has 6 nitrogen and oxygen atoms in total. The van der Waals surface area contributed by atoms with E-state index in [1.807, 2.05) is 6.20 Å². The Morgan fingerprint density at radius 2 is 1.97 bits per heavy atom. The van der Waals surface area contributed by atoms with E-state index in [-0.39, 0.29) is 6.10 Å². The second kappa shape index (κ2) is 9.03. The molecule has 1 aliphatic rings. The minimum Gasteiger partial charge on any atom is -0.460 e. The van der Waals surface area contributed by atoms with Gasteiger partial charge in [-0.2, -0.15) is 19.6 Å². The van der Waals surface area contributed by atoms with E-state index in [4.69, 9.17) is 9.72 Å². The first-order valence-corrected chi connectivity index (χ1v) is 11.7. The Balaban J connectivity index is 1.65. The Hall–Kier alpha value is -2.28. The van der Waals surface area contributed by atoms with Crippen molar-refractivity contribution in [3.05, 3.63) is 41.6 Å². The normalized spacial score (nSPS) is 15.2. The lowest BCUT2D eigenvalue weighted by Gasteiger charge is -2.22. The molecule has 0 atom stereocenters. The maximum Gasteiger partial charge on any atom is 0.322 e. The highest BCUT2D eigenvalue weighted by Crippen LogP contribution is 2.26. The SMILES string of the molecule is CSc1ccccc1CNc1nc(OC2CCCCC2)nc2c(C(C)C)cnn12. The Labute approximate surface area is 176 Å². The van der Waals surface area contributed by atoms with E-state index in [1.54, 1.807) is 16.3 Å². The molecule has 0 spiro atoms. The molecule has 1 fully saturated rings. The smallest absolute Gasteiger partial charge is 0.322 e. The Bertz CT molecular complexity index is 965. The van der Waals surface area contributed by atoms with Crippen molar-refractivity contribution in [2.24, 2.45) is 0 Å². The second-order valence-electron chi connectivity index (χ2n) is 7.86. The number of hydrogen-bond acceptors (Lipinski definition) is 6. The van der Waals surface area contributed by atoms with Gasteiger partial charge in [0.2, 0.25) is 5.95 Å². The number of aromatic nitrogens is 4. The third-order valence-electron chi connectivity index (χ3n) is 5.45. The zero-order valence-electron chi connectivity index (χ0n) is 17.4. The summed E-state index contributed by atoms with van der Waals surface area (Å²) in [5, 5.41) is 8.02. The van der Waals surface area contributed by atoms with Gasteiger partial charge in [0.1, 0.15) is 6.10 Å². The molecule has 7 heteroatoms. The van der Waals surface area contributed by atoms with E-state index in [1.165, 1.54) is 29.7 Å². The molecule has 0 radical (unpaired) electrons. The summed E-state index contributed by atoms with van der Waals surface area (Å²) in [6.07, 6.45) is 10.1. The summed E-state index contributed by atoms with van der Waals surface area (Å²) in [6, 6.07) is 8.86. The summed E-state index contributed by atoms with van der Waals surface area (Å²) in [4.78, 5) is 10.7. The quantitative estimate of drug-likeness (QED) is 0.533. The molecular formula is C22H29N5OS. The van der Waals surface area contributed by atoms with Gasteiger partial charge in [-0.05, 0) is 49.5 Å². The molecule has 0 aliphatic heterocycles. The number of rotatable bonds is 7. The lowest BCUT2D eigenvalue weighted by Crippen LogP contribution is -2.21. The van der Waals surface area contributed by atoms with Crippen molar-refractivity contribution in [1.82, 2.24) is 19.6 Å². The van der Waals surface area contributed by atoms with Crippen LogP contribution in [0.25, 0.3) is 5.65 Å². The van der Waals surface area contributed by atoms with Gasteiger partial charge >= 0.3 is 6.01 Å². The summed E-state index contributed by atoms with van der Waals surface area (Å²) >= 11 is 1.75. The minimum atomic E-state index is 0.210. The molecule has 2 aromatic heterocycles. The number of hydrogen-bond donors (Lipinski definition) is 1. The van der Waals surface area contributed by atoms with Crippen LogP contribution in [0.1, 0.15) is 63.0 Å². The molecule has 0 bridgehead atoms. The van der Waals surface area contributed by atoms with Crippen LogP contribution in [0.2, 0.25) is 0 Å². The third-order valence-corrected chi connectivity index (χ3v) is 6.29. The van der Waals surface area contributed by atoms with Crippen molar-refractivity contribution >= 4 is 23.4 Å². The molecule has 2 heterocycles. The predicted molar refractivity (Wildman–Crippen MR) is 118 cm³/mol. The van der Waals surface area contributed by atoms with E-state index in [2.05, 4.69) is 59.8 Å². The highest BCUT2D eigenvalue weighted by Gasteiger charge is 2.20. The van der Waals surface area contributed by atoms with Crippen molar-refractivity contribution in [2.75, 3.05) is 11.6 Å². The summed E-state index contributed by atoms with van der Waals surface area (Å²) in [7, 11) is 0. The van der Waals surface area contributed by atoms with Crippen LogP contribution in [0.4, 0.5) is 5.95 Å². The van der Waals surface area contributed by atoms with Crippen molar-refractivity contribution < 1.29 is 4.74 Å². The molecule has 154 valence electrons. The molecule has 1 saturated carbocycles. The van der Waals surface area contributed by atoms with Crippen molar-refractivity contribution in [2.45, 2.75) is 69.4 Å². The van der Waals surface area contributed by atoms with Crippen LogP contribution in [-0.4, -0.2) is 31.9 Å². The van der Waals surface area contributed by atoms with Gasteiger partial charge in [-0.25, -0.2) is 0 Å². The van der Waals surface area contributed by atoms with E-state index < -0.39 is 0 Å². The Kier molecular flexibility index (Phi) is 6.23. The first-order chi connectivity index (χ1) is 14.2. The first-order valence-electron chi connectivity index (χ1n) is 10.4. The summed E-state index contributed by atoms with van der Waals surface area (Å²) in [5.41, 5.74) is 3.16. The van der Waals surface area contributed by atoms with E-state index in [0.29, 0.717) is 24.4 Å². The van der Waals surface area contributed by atoms with Crippen LogP contribution < -0.4 is 10.1 Å². The minimum absolute atomic E-state index is 0.210. The van der Waals surface area contributed by atoms with Crippen LogP contribution in [0, 0.1) is 0 Å². The molecule has 3 aromatic rings. The highest BCUT2D eigenvalue weighted by atomic mass is 32.2. The molecule has 0 unspecified atom stereocenters. The summed E-state index contributed by atoms with van der Waals surface area (Å²) in [5.74, 6) is 0.999. The van der Waals surface area contributed by atoms with Crippen LogP contribution in [-0.2, 0) is 6.54 Å². The Morgan fingerprint density at radius 3 is 2.72 bits per heavy atom. The standard InChI is InChI=1S/C22H29N5OS/c1-15(2)18-14-24-27-20(18)25-22(28-17-10-5-4-6-11-17)26-21(27)23-13-16-9-7-8-12-19(16)29-3/h7-9,12,14-15,17H,4-6,10-11,13H2,1-3H3,(H,23,25,26). The molecule has 4 rings (SSSR count). The first kappa shape index (κ1) is 20.0. The lowest BCUT2D eigenvalue weighted by molar-refractivity contribution is 0.142. The van der Waals surface area contributed by atoms with E-state index in [9.17, 15) is 0 Å². The van der Waals surface area contributed by atoms with E-state index >= 15 is 0 Å². The maximum absolute atomic E-state index is 6.20. The molecule has 0 saturated heterocycles. The maximum atomic E-state index is 6.20. The molecule has 29 heavy (non-hydrogen) atoms. The van der Waals surface area contributed by atoms with Gasteiger partial charge in [0.15, 0.2) is 5.65 Å². The van der Waals surface area contributed by atoms with Crippen molar-refractivity contribution in [3.8, 4) is 6.01 Å². The number of nitrogens with zero attached hydrogens (tertiary/aromatic N) is 4. The van der Waals surface area contributed by atoms with Crippen LogP contribution in [0.5, 0.6) is 6.01 Å². The van der Waals surface area contributed by atoms with Crippen molar-refractivity contribution in [3.63, 3.8) is 0 Å². The number of nitrogens with one attached hydrogen (secondary N) is 1. The third kappa shape index (κ3) is 4.50. The van der Waals surface area contributed by atoms with E-state index in [0.717, 1.165) is 24.1 Å². The fourth-order valence-electron chi connectivity index (χ4n) is 3.80. The number of benzene rings is 1. The molecule has 1 aromatic carbocycles. The van der Waals surface area contributed by atoms with Crippen LogP contribution >= 0.6 is 11.8 Å². The predicted octanol–water partition coefficient (Wildman–Crippen LogP) is 5.29. The van der Waals surface area contributed by atoms with Gasteiger partial charge in [0.25, 0.3) is 0 Å². The molecule has 1 aliphatic carbocycles. The fraction of sp³-hybridized carbons (Fsp3) is 0.500. The topological polar surface area (TPSA) is 64.3 Å². The zero-order valence-corrected chi connectivity index (χ0v) is 18.2. The molecule has 1 N–H and O–H groups in total. The zero-order chi connectivity index (χ0) is 20.2. The summed E-state index contributed by atoms with van der Waals surface area (Å²) in [6.45, 7) is 4.98. The van der Waals surface area contributed by atoms with Gasteiger partial charge in [0.05, 0.1) is 6.20 Å². The average Bonchev–Trinajstić information content (AvgIpc) is 3.17. The summed E-state index contributed by atoms with van der Waals surface area (Å²) < 4.78 is 7.99. The largest absolute Gasteiger partial charge is 0.460 e. The molecular weight excluding hydrogens is 382 g/mol.